The number of allylic oxidation sites excluding steroid dienone is 1. The molecule has 24 heavy (non-hydrogen) atoms. The number of nitrogens with zero attached hydrogens (tertiary/aromatic N) is 1. The van der Waals surface area contributed by atoms with E-state index < -0.39 is 0 Å². The van der Waals surface area contributed by atoms with Crippen molar-refractivity contribution in [2.75, 3.05) is 5.43 Å². The number of halogens is 1. The summed E-state index contributed by atoms with van der Waals surface area (Å²) in [5.41, 5.74) is 9.59. The molecular formula is C19H18ClN3O. The lowest BCUT2D eigenvalue weighted by Crippen LogP contribution is -2.29. The molecule has 0 saturated heterocycles. The fourth-order valence-electron chi connectivity index (χ4n) is 2.80. The quantitative estimate of drug-likeness (QED) is 0.482. The Kier molecular flexibility index (Phi) is 4.40. The minimum Gasteiger partial charge on any atom is -0.307 e. The molecule has 5 heteroatoms. The van der Waals surface area contributed by atoms with Gasteiger partial charge in [-0.1, -0.05) is 43.6 Å². The molecule has 2 aromatic carbocycles. The summed E-state index contributed by atoms with van der Waals surface area (Å²) >= 11 is 6.11. The van der Waals surface area contributed by atoms with Crippen molar-refractivity contribution in [3.8, 4) is 0 Å². The molecular weight excluding hydrogens is 322 g/mol. The Morgan fingerprint density at radius 2 is 1.92 bits per heavy atom. The minimum absolute atomic E-state index is 0.387. The number of nitrogens with one attached hydrogen (secondary N) is 2. The molecule has 0 amide bonds. The fourth-order valence-corrected chi connectivity index (χ4v) is 2.97. The molecule has 122 valence electrons. The van der Waals surface area contributed by atoms with Crippen LogP contribution in [0.15, 0.2) is 65.3 Å². The first-order chi connectivity index (χ1) is 11.5. The van der Waals surface area contributed by atoms with Crippen molar-refractivity contribution >= 4 is 35.0 Å². The zero-order valence-corrected chi connectivity index (χ0v) is 14.3. The van der Waals surface area contributed by atoms with Crippen LogP contribution < -0.4 is 10.9 Å². The van der Waals surface area contributed by atoms with Crippen molar-refractivity contribution in [3.05, 3.63) is 70.9 Å². The molecule has 0 bridgehead atoms. The molecule has 0 aliphatic carbocycles. The Labute approximate surface area is 146 Å². The number of aliphatic imine (C=N–C) groups is 1. The number of hydrogen-bond acceptors (Lipinski definition) is 4. The number of fused-ring (bicyclic) bond motifs is 1. The number of hydrazine groups is 1. The average Bonchev–Trinajstić information content (AvgIpc) is 2.84. The topological polar surface area (TPSA) is 53.5 Å². The Bertz CT molecular complexity index is 826. The highest BCUT2D eigenvalue weighted by Crippen LogP contribution is 2.42. The van der Waals surface area contributed by atoms with E-state index >= 15 is 0 Å². The summed E-state index contributed by atoms with van der Waals surface area (Å²) in [6.07, 6.45) is 2.45. The van der Waals surface area contributed by atoms with Crippen molar-refractivity contribution in [3.63, 3.8) is 0 Å². The first-order valence-corrected chi connectivity index (χ1v) is 8.01. The summed E-state index contributed by atoms with van der Waals surface area (Å²) in [5.74, 6) is 0. The van der Waals surface area contributed by atoms with Crippen molar-refractivity contribution in [1.82, 2.24) is 5.43 Å². The second kappa shape index (κ2) is 6.49. The van der Waals surface area contributed by atoms with Crippen LogP contribution in [-0.2, 0) is 10.2 Å². The standard InChI is InChI=1S/C19H18ClN3O/c1-19(2)16-10-14(20)8-9-17(16)22-18(19)13(12-24)11-21-23-15-6-4-3-5-7-15/h3-12,21,23H,1-2H3/b13-11+. The van der Waals surface area contributed by atoms with E-state index in [4.69, 9.17) is 11.6 Å². The number of para-hydroxylation sites is 1. The van der Waals surface area contributed by atoms with Gasteiger partial charge in [-0.3, -0.25) is 9.79 Å². The van der Waals surface area contributed by atoms with Crippen LogP contribution in [0.4, 0.5) is 11.4 Å². The molecule has 0 unspecified atom stereocenters. The van der Waals surface area contributed by atoms with Crippen molar-refractivity contribution in [1.29, 1.82) is 0 Å². The molecule has 0 aromatic heterocycles. The van der Waals surface area contributed by atoms with Crippen LogP contribution in [0.1, 0.15) is 19.4 Å². The molecule has 0 atom stereocenters. The van der Waals surface area contributed by atoms with E-state index in [0.717, 1.165) is 28.9 Å². The molecule has 2 N–H and O–H groups in total. The largest absolute Gasteiger partial charge is 0.307 e. The van der Waals surface area contributed by atoms with E-state index in [-0.39, 0.29) is 5.41 Å². The van der Waals surface area contributed by atoms with E-state index in [0.29, 0.717) is 10.6 Å². The summed E-state index contributed by atoms with van der Waals surface area (Å²) in [5, 5.41) is 0.666. The molecule has 2 aromatic rings. The molecule has 1 aliphatic rings. The van der Waals surface area contributed by atoms with E-state index in [1.54, 1.807) is 6.20 Å². The fraction of sp³-hybridized carbons (Fsp3) is 0.158. The van der Waals surface area contributed by atoms with Crippen LogP contribution in [0.25, 0.3) is 0 Å². The molecule has 3 rings (SSSR count). The summed E-state index contributed by atoms with van der Waals surface area (Å²) < 4.78 is 0. The van der Waals surface area contributed by atoms with Crippen LogP contribution in [0.3, 0.4) is 0 Å². The van der Waals surface area contributed by atoms with Crippen LogP contribution in [-0.4, -0.2) is 12.0 Å². The predicted molar refractivity (Wildman–Crippen MR) is 98.9 cm³/mol. The van der Waals surface area contributed by atoms with Gasteiger partial charge in [0.2, 0.25) is 0 Å². The maximum Gasteiger partial charge on any atom is 0.153 e. The van der Waals surface area contributed by atoms with Gasteiger partial charge in [-0.2, -0.15) is 0 Å². The van der Waals surface area contributed by atoms with Gasteiger partial charge < -0.3 is 10.9 Å². The van der Waals surface area contributed by atoms with Gasteiger partial charge in [0, 0.05) is 16.6 Å². The Morgan fingerprint density at radius 3 is 2.62 bits per heavy atom. The van der Waals surface area contributed by atoms with Gasteiger partial charge in [-0.15, -0.1) is 0 Å². The van der Waals surface area contributed by atoms with Crippen molar-refractivity contribution in [2.24, 2.45) is 4.99 Å². The van der Waals surface area contributed by atoms with Crippen molar-refractivity contribution in [2.45, 2.75) is 19.3 Å². The number of aldehydes is 1. The summed E-state index contributed by atoms with van der Waals surface area (Å²) in [4.78, 5) is 16.2. The lowest BCUT2D eigenvalue weighted by molar-refractivity contribution is -0.104. The number of carbonyl (C=O) groups excluding carboxylic acids is 1. The van der Waals surface area contributed by atoms with Gasteiger partial charge in [0.05, 0.1) is 22.7 Å². The molecule has 0 radical (unpaired) electrons. The third kappa shape index (κ3) is 3.05. The second-order valence-electron chi connectivity index (χ2n) is 6.10. The number of benzene rings is 2. The Hall–Kier alpha value is -2.59. The van der Waals surface area contributed by atoms with E-state index in [1.165, 1.54) is 0 Å². The zero-order chi connectivity index (χ0) is 17.2. The molecule has 0 spiro atoms. The van der Waals surface area contributed by atoms with E-state index in [1.807, 2.05) is 62.4 Å². The highest BCUT2D eigenvalue weighted by molar-refractivity contribution is 6.31. The average molecular weight is 340 g/mol. The first kappa shape index (κ1) is 16.3. The monoisotopic (exact) mass is 339 g/mol. The highest BCUT2D eigenvalue weighted by atomic mass is 35.5. The number of carbonyl (C=O) groups is 1. The van der Waals surface area contributed by atoms with Gasteiger partial charge in [0.1, 0.15) is 0 Å². The Morgan fingerprint density at radius 1 is 1.17 bits per heavy atom. The lowest BCUT2D eigenvalue weighted by Gasteiger charge is -2.22. The lowest BCUT2D eigenvalue weighted by atomic mass is 9.79. The zero-order valence-electron chi connectivity index (χ0n) is 13.5. The van der Waals surface area contributed by atoms with Crippen LogP contribution in [0.5, 0.6) is 0 Å². The number of hydrogen-bond donors (Lipinski definition) is 2. The first-order valence-electron chi connectivity index (χ1n) is 7.64. The van der Waals surface area contributed by atoms with Crippen LogP contribution >= 0.6 is 11.6 Å². The van der Waals surface area contributed by atoms with E-state index in [9.17, 15) is 4.79 Å². The molecule has 1 heterocycles. The Balaban J connectivity index is 1.84. The van der Waals surface area contributed by atoms with Gasteiger partial charge in [-0.05, 0) is 35.9 Å². The summed E-state index contributed by atoms with van der Waals surface area (Å²) in [6, 6.07) is 15.2. The van der Waals surface area contributed by atoms with Crippen LogP contribution in [0, 0.1) is 0 Å². The van der Waals surface area contributed by atoms with Crippen molar-refractivity contribution < 1.29 is 4.79 Å². The SMILES string of the molecule is CC1(C)C(/C(C=O)=C/NNc2ccccc2)=Nc2ccc(Cl)cc21. The van der Waals surface area contributed by atoms with Gasteiger partial charge in [0.25, 0.3) is 0 Å². The van der Waals surface area contributed by atoms with Gasteiger partial charge in [-0.25, -0.2) is 0 Å². The smallest absolute Gasteiger partial charge is 0.153 e. The molecule has 1 aliphatic heterocycles. The third-order valence-electron chi connectivity index (χ3n) is 4.07. The normalized spacial score (nSPS) is 15.5. The van der Waals surface area contributed by atoms with Gasteiger partial charge >= 0.3 is 0 Å². The summed E-state index contributed by atoms with van der Waals surface area (Å²) in [6.45, 7) is 4.08. The second-order valence-corrected chi connectivity index (χ2v) is 6.54. The third-order valence-corrected chi connectivity index (χ3v) is 4.31. The highest BCUT2D eigenvalue weighted by Gasteiger charge is 2.36. The maximum absolute atomic E-state index is 11.6. The number of rotatable bonds is 5. The molecule has 4 nitrogen and oxygen atoms in total. The van der Waals surface area contributed by atoms with Crippen LogP contribution in [0.2, 0.25) is 5.02 Å². The van der Waals surface area contributed by atoms with E-state index in [2.05, 4.69) is 15.8 Å². The molecule has 0 saturated carbocycles. The minimum atomic E-state index is -0.387. The summed E-state index contributed by atoms with van der Waals surface area (Å²) in [7, 11) is 0. The predicted octanol–water partition coefficient (Wildman–Crippen LogP) is 4.40. The molecule has 0 fully saturated rings. The van der Waals surface area contributed by atoms with Gasteiger partial charge in [0.15, 0.2) is 6.29 Å². The number of anilines is 1. The maximum atomic E-state index is 11.6.